The third-order valence-corrected chi connectivity index (χ3v) is 3.51. The van der Waals surface area contributed by atoms with Gasteiger partial charge in [0.2, 0.25) is 10.0 Å². The third-order valence-electron chi connectivity index (χ3n) is 2.02. The Morgan fingerprint density at radius 1 is 1.40 bits per heavy atom. The molecule has 0 aliphatic heterocycles. The Morgan fingerprint density at radius 2 is 2.00 bits per heavy atom. The zero-order valence-electron chi connectivity index (χ0n) is 8.24. The molecule has 80 valence electrons. The van der Waals surface area contributed by atoms with Crippen molar-refractivity contribution in [3.8, 4) is 0 Å². The second-order valence-electron chi connectivity index (χ2n) is 3.19. The number of hydrogen-bond acceptors (Lipinski definition) is 2. The number of hydrogen-bond donors (Lipinski definition) is 0. The number of benzene rings is 1. The quantitative estimate of drug-likeness (QED) is 0.447. The van der Waals surface area contributed by atoms with Crippen LogP contribution in [0.2, 0.25) is 0 Å². The van der Waals surface area contributed by atoms with Gasteiger partial charge in [-0.05, 0) is 24.4 Å². The lowest BCUT2D eigenvalue weighted by molar-refractivity contribution is 0.584. The van der Waals surface area contributed by atoms with Crippen LogP contribution in [-0.2, 0) is 16.4 Å². The first-order valence-corrected chi connectivity index (χ1v) is 5.90. The lowest BCUT2D eigenvalue weighted by Gasteiger charge is -2.07. The minimum atomic E-state index is -3.70. The Bertz CT molecular complexity index is 463. The van der Waals surface area contributed by atoms with Crippen LogP contribution in [0.5, 0.6) is 0 Å². The highest BCUT2D eigenvalue weighted by Gasteiger charge is 2.19. The van der Waals surface area contributed by atoms with Crippen LogP contribution < -0.4 is 0 Å². The van der Waals surface area contributed by atoms with Gasteiger partial charge in [0.1, 0.15) is 0 Å². The van der Waals surface area contributed by atoms with Gasteiger partial charge in [0.15, 0.2) is 0 Å². The summed E-state index contributed by atoms with van der Waals surface area (Å²) in [5.74, 6) is 0. The molecule has 1 aromatic rings. The molecule has 0 spiro atoms. The summed E-state index contributed by atoms with van der Waals surface area (Å²) in [6.45, 7) is 1.52. The van der Waals surface area contributed by atoms with E-state index in [1.807, 2.05) is 30.3 Å². The number of rotatable bonds is 4. The molecule has 1 aromatic carbocycles. The van der Waals surface area contributed by atoms with Crippen LogP contribution in [0.1, 0.15) is 12.5 Å². The predicted molar refractivity (Wildman–Crippen MR) is 57.7 cm³/mol. The molecule has 0 aliphatic carbocycles. The van der Waals surface area contributed by atoms with Crippen molar-refractivity contribution in [2.24, 2.45) is 4.52 Å². The van der Waals surface area contributed by atoms with Gasteiger partial charge in [0.25, 0.3) is 0 Å². The largest absolute Gasteiger partial charge is 0.238 e. The van der Waals surface area contributed by atoms with E-state index in [1.54, 1.807) is 0 Å². The van der Waals surface area contributed by atoms with Crippen molar-refractivity contribution >= 4 is 10.0 Å². The summed E-state index contributed by atoms with van der Waals surface area (Å²) >= 11 is 0. The van der Waals surface area contributed by atoms with Crippen LogP contribution in [0.15, 0.2) is 34.9 Å². The van der Waals surface area contributed by atoms with Crippen molar-refractivity contribution in [2.45, 2.75) is 18.6 Å². The highest BCUT2D eigenvalue weighted by molar-refractivity contribution is 7.90. The Balaban J connectivity index is 2.81. The van der Waals surface area contributed by atoms with Crippen LogP contribution in [-0.4, -0.2) is 13.7 Å². The van der Waals surface area contributed by atoms with E-state index >= 15 is 0 Å². The molecule has 15 heavy (non-hydrogen) atoms. The molecule has 0 saturated carbocycles. The van der Waals surface area contributed by atoms with Crippen molar-refractivity contribution in [1.29, 1.82) is 0 Å². The van der Waals surface area contributed by atoms with Crippen LogP contribution in [0.3, 0.4) is 0 Å². The Kier molecular flexibility index (Phi) is 3.71. The average molecular weight is 225 g/mol. The molecular weight excluding hydrogens is 214 g/mol. The van der Waals surface area contributed by atoms with Gasteiger partial charge in [0, 0.05) is 9.43 Å². The van der Waals surface area contributed by atoms with E-state index in [0.29, 0.717) is 6.42 Å². The van der Waals surface area contributed by atoms with Gasteiger partial charge in [-0.2, -0.15) is 0 Å². The second kappa shape index (κ2) is 4.82. The molecule has 0 heterocycles. The molecule has 0 bridgehead atoms. The van der Waals surface area contributed by atoms with Gasteiger partial charge < -0.3 is 0 Å². The third kappa shape index (κ3) is 3.27. The number of sulfonamides is 1. The van der Waals surface area contributed by atoms with Gasteiger partial charge in [0.05, 0.1) is 5.25 Å². The molecular formula is C9H11N3O2S. The van der Waals surface area contributed by atoms with Crippen molar-refractivity contribution in [3.63, 3.8) is 0 Å². The Labute approximate surface area is 88.4 Å². The summed E-state index contributed by atoms with van der Waals surface area (Å²) in [5, 5.41) is -0.698. The molecule has 0 radical (unpaired) electrons. The lowest BCUT2D eigenvalue weighted by Crippen LogP contribution is -2.17. The average Bonchev–Trinajstić information content (AvgIpc) is 2.19. The summed E-state index contributed by atoms with van der Waals surface area (Å²) in [6.07, 6.45) is 0.349. The monoisotopic (exact) mass is 225 g/mol. The van der Waals surface area contributed by atoms with E-state index in [-0.39, 0.29) is 0 Å². The zero-order valence-corrected chi connectivity index (χ0v) is 9.05. The van der Waals surface area contributed by atoms with Crippen molar-refractivity contribution in [3.05, 3.63) is 46.3 Å². The van der Waals surface area contributed by atoms with E-state index in [4.69, 9.17) is 5.53 Å². The molecule has 1 rings (SSSR count). The predicted octanol–water partition coefficient (Wildman–Crippen LogP) is 2.26. The fourth-order valence-electron chi connectivity index (χ4n) is 1.18. The highest BCUT2D eigenvalue weighted by Crippen LogP contribution is 2.11. The molecule has 0 aliphatic rings. The van der Waals surface area contributed by atoms with Gasteiger partial charge in [-0.3, -0.25) is 0 Å². The molecule has 0 aromatic heterocycles. The molecule has 0 fully saturated rings. The van der Waals surface area contributed by atoms with E-state index in [1.165, 1.54) is 6.92 Å². The lowest BCUT2D eigenvalue weighted by atomic mass is 10.1. The summed E-state index contributed by atoms with van der Waals surface area (Å²) in [4.78, 5) is 2.31. The van der Waals surface area contributed by atoms with E-state index in [0.717, 1.165) is 5.56 Å². The van der Waals surface area contributed by atoms with E-state index < -0.39 is 15.3 Å². The first-order valence-electron chi connectivity index (χ1n) is 4.40. The van der Waals surface area contributed by atoms with Crippen LogP contribution in [0.4, 0.5) is 0 Å². The molecule has 1 atom stereocenters. The van der Waals surface area contributed by atoms with Gasteiger partial charge in [-0.25, -0.2) is 8.42 Å². The Morgan fingerprint density at radius 3 is 2.53 bits per heavy atom. The van der Waals surface area contributed by atoms with Gasteiger partial charge in [-0.15, -0.1) is 0 Å². The summed E-state index contributed by atoms with van der Waals surface area (Å²) in [7, 11) is -3.70. The minimum Gasteiger partial charge on any atom is -0.221 e. The summed E-state index contributed by atoms with van der Waals surface area (Å²) in [6, 6.07) is 9.20. The van der Waals surface area contributed by atoms with Crippen molar-refractivity contribution < 1.29 is 8.42 Å². The maximum atomic E-state index is 11.3. The number of nitrogens with zero attached hydrogens (tertiary/aromatic N) is 3. The number of azide groups is 1. The fraction of sp³-hybridized carbons (Fsp3) is 0.333. The van der Waals surface area contributed by atoms with E-state index in [2.05, 4.69) is 9.43 Å². The first-order chi connectivity index (χ1) is 7.06. The molecule has 0 saturated heterocycles. The molecule has 0 N–H and O–H groups in total. The molecule has 5 nitrogen and oxygen atoms in total. The summed E-state index contributed by atoms with van der Waals surface area (Å²) < 4.78 is 25.4. The van der Waals surface area contributed by atoms with Crippen molar-refractivity contribution in [2.75, 3.05) is 0 Å². The fourth-order valence-corrected chi connectivity index (χ4v) is 1.85. The maximum absolute atomic E-state index is 11.3. The maximum Gasteiger partial charge on any atom is 0.238 e. The minimum absolute atomic E-state index is 0.349. The molecule has 0 amide bonds. The molecule has 6 heteroatoms. The normalized spacial score (nSPS) is 12.9. The van der Waals surface area contributed by atoms with Crippen LogP contribution in [0.25, 0.3) is 10.4 Å². The second-order valence-corrected chi connectivity index (χ2v) is 5.18. The first kappa shape index (κ1) is 11.6. The van der Waals surface area contributed by atoms with Gasteiger partial charge in [-0.1, -0.05) is 30.3 Å². The highest BCUT2D eigenvalue weighted by atomic mass is 32.2. The van der Waals surface area contributed by atoms with Gasteiger partial charge >= 0.3 is 0 Å². The summed E-state index contributed by atoms with van der Waals surface area (Å²) in [5.41, 5.74) is 9.00. The van der Waals surface area contributed by atoms with Crippen LogP contribution >= 0.6 is 0 Å². The Hall–Kier alpha value is -1.52. The zero-order chi connectivity index (χ0) is 11.3. The van der Waals surface area contributed by atoms with E-state index in [9.17, 15) is 8.42 Å². The van der Waals surface area contributed by atoms with Crippen LogP contribution in [0, 0.1) is 0 Å². The topological polar surface area (TPSA) is 82.9 Å². The standard InChI is InChI=1S/C9H11N3O2S/c1-8(15(13,14)12-11-10)7-9-5-3-2-4-6-9/h2-6,8H,7H2,1H3. The van der Waals surface area contributed by atoms with Crippen molar-refractivity contribution in [1.82, 2.24) is 0 Å². The smallest absolute Gasteiger partial charge is 0.221 e. The SMILES string of the molecule is CC(Cc1ccccc1)S(=O)(=O)N=[N+]=[N-]. The molecule has 1 unspecified atom stereocenters.